The van der Waals surface area contributed by atoms with Gasteiger partial charge >= 0.3 is 22.3 Å². The lowest BCUT2D eigenvalue weighted by Crippen LogP contribution is -2.61. The number of unbranched alkanes of at least 4 members (excludes halogenated alkanes) is 1. The number of hydrogen-bond donors (Lipinski definition) is 17. The van der Waals surface area contributed by atoms with Crippen molar-refractivity contribution in [3.8, 4) is 5.75 Å². The van der Waals surface area contributed by atoms with E-state index in [0.29, 0.717) is 34.9 Å². The van der Waals surface area contributed by atoms with E-state index >= 15 is 0 Å². The van der Waals surface area contributed by atoms with Crippen molar-refractivity contribution in [2.75, 3.05) is 6.54 Å². The molecule has 4 aromatic rings. The smallest absolute Gasteiger partial charge is 0.446 e. The van der Waals surface area contributed by atoms with Gasteiger partial charge in [-0.25, -0.2) is 0 Å². The first-order valence-corrected chi connectivity index (χ1v) is 30.8. The summed E-state index contributed by atoms with van der Waals surface area (Å²) in [5.74, 6) is -16.1. The number of H-pyrrole nitrogens is 1. The molecule has 5 rings (SSSR count). The SMILES string of the molecule is CCCCC(NC(=O)[C@H](Cc1c[nH]c2ccccc12)NC(=O)CNC(=O)[C@@H](NC(=O)[C@H](Cc1ccc(OS(=O)(=O)O)cc1)NC(=O)[C@H](CC(=O)O)NC(=O)[C@H](CCC(N)=O)NC(=O)[C@@H]1CCC(=O)N1)[C@@H](C)O)C(=O)N[C@@H](CC(=O)O)C(=O)NC(Cc1ccccc1)C(N)=O. The molecule has 10 atom stereocenters. The van der Waals surface area contributed by atoms with E-state index in [1.165, 1.54) is 12.1 Å². The van der Waals surface area contributed by atoms with E-state index in [-0.39, 0.29) is 37.7 Å². The van der Waals surface area contributed by atoms with E-state index in [1.807, 2.05) is 0 Å². The van der Waals surface area contributed by atoms with Gasteiger partial charge in [0.05, 0.1) is 25.5 Å². The maximum Gasteiger partial charge on any atom is 0.446 e. The zero-order valence-electron chi connectivity index (χ0n) is 50.8. The Kier molecular flexibility index (Phi) is 27.9. The van der Waals surface area contributed by atoms with Gasteiger partial charge in [-0.05, 0) is 61.1 Å². The lowest BCUT2D eigenvalue weighted by molar-refractivity contribution is -0.142. The molecule has 1 aromatic heterocycles. The zero-order valence-corrected chi connectivity index (χ0v) is 51.7. The van der Waals surface area contributed by atoms with Crippen molar-refractivity contribution in [1.82, 2.24) is 58.2 Å². The molecule has 1 aliphatic rings. The fourth-order valence-electron chi connectivity index (χ4n) is 9.68. The van der Waals surface area contributed by atoms with Crippen LogP contribution in [0.4, 0.5) is 0 Å². The number of nitrogens with one attached hydrogen (secondary N) is 11. The Morgan fingerprint density at radius 2 is 1.13 bits per heavy atom. The lowest BCUT2D eigenvalue weighted by atomic mass is 10.0. The molecule has 19 N–H and O–H groups in total. The average Bonchev–Trinajstić information content (AvgIpc) is 1.51. The monoisotopic (exact) mass is 1330 g/mol. The van der Waals surface area contributed by atoms with Gasteiger partial charge in [-0.3, -0.25) is 71.7 Å². The molecule has 0 radical (unpaired) electrons. The van der Waals surface area contributed by atoms with Crippen LogP contribution in [0.3, 0.4) is 0 Å². The summed E-state index contributed by atoms with van der Waals surface area (Å²) >= 11 is 0. The highest BCUT2D eigenvalue weighted by Gasteiger charge is 2.37. The van der Waals surface area contributed by atoms with Crippen LogP contribution in [0.2, 0.25) is 0 Å². The van der Waals surface area contributed by atoms with Crippen LogP contribution in [0, 0.1) is 0 Å². The number of para-hydroxylation sites is 1. The van der Waals surface area contributed by atoms with E-state index < -0.39 is 198 Å². The van der Waals surface area contributed by atoms with Gasteiger partial charge in [-0.15, -0.1) is 0 Å². The second-order valence-corrected chi connectivity index (χ2v) is 23.0. The molecule has 0 aliphatic carbocycles. The van der Waals surface area contributed by atoms with Crippen molar-refractivity contribution in [3.63, 3.8) is 0 Å². The Hall–Kier alpha value is -10.6. The molecule has 1 fully saturated rings. The summed E-state index contributed by atoms with van der Waals surface area (Å²) in [5.41, 5.74) is 12.7. The lowest BCUT2D eigenvalue weighted by Gasteiger charge is -2.27. The molecule has 0 bridgehead atoms. The first-order valence-electron chi connectivity index (χ1n) is 29.4. The van der Waals surface area contributed by atoms with Crippen molar-refractivity contribution in [1.29, 1.82) is 0 Å². The third-order valence-corrected chi connectivity index (χ3v) is 14.9. The van der Waals surface area contributed by atoms with Crippen LogP contribution in [-0.2, 0) is 96.8 Å². The summed E-state index contributed by atoms with van der Waals surface area (Å²) in [6.07, 6.45) is -3.57. The highest BCUT2D eigenvalue weighted by atomic mass is 32.3. The van der Waals surface area contributed by atoms with Gasteiger partial charge in [0.1, 0.15) is 60.1 Å². The van der Waals surface area contributed by atoms with Crippen LogP contribution in [0.5, 0.6) is 5.75 Å². The number of hydrogen-bond acceptors (Lipinski definition) is 18. The fourth-order valence-corrected chi connectivity index (χ4v) is 10.0. The second kappa shape index (κ2) is 35.3. The number of nitrogens with two attached hydrogens (primary N) is 2. The summed E-state index contributed by atoms with van der Waals surface area (Å²) < 4.78 is 36.4. The predicted octanol–water partition coefficient (Wildman–Crippen LogP) is -4.08. The number of aliphatic hydroxyl groups excluding tert-OH is 1. The molecule has 0 saturated carbocycles. The molecule has 0 spiro atoms. The number of primary amides is 2. The first-order chi connectivity index (χ1) is 44.4. The van der Waals surface area contributed by atoms with Gasteiger partial charge in [0.15, 0.2) is 0 Å². The van der Waals surface area contributed by atoms with Crippen LogP contribution < -0.4 is 68.8 Å². The van der Waals surface area contributed by atoms with E-state index in [4.69, 9.17) is 16.0 Å². The molecule has 1 aliphatic heterocycles. The van der Waals surface area contributed by atoms with Gasteiger partial charge in [0, 0.05) is 49.2 Å². The summed E-state index contributed by atoms with van der Waals surface area (Å²) in [5, 5.41) is 54.6. The number of carboxylic acid groups (broad SMARTS) is 2. The molecule has 508 valence electrons. The third-order valence-electron chi connectivity index (χ3n) is 14.5. The van der Waals surface area contributed by atoms with Crippen LogP contribution in [0.15, 0.2) is 85.1 Å². The number of carboxylic acids is 2. The van der Waals surface area contributed by atoms with Gasteiger partial charge < -0.3 is 89.1 Å². The molecular formula is C59H75N13O21S. The van der Waals surface area contributed by atoms with Crippen LogP contribution in [0.25, 0.3) is 10.9 Å². The van der Waals surface area contributed by atoms with Crippen molar-refractivity contribution in [2.45, 2.75) is 151 Å². The number of rotatable bonds is 38. The Balaban J connectivity index is 1.36. The third kappa shape index (κ3) is 24.2. The van der Waals surface area contributed by atoms with E-state index in [2.05, 4.69) is 62.3 Å². The molecule has 2 heterocycles. The molecule has 1 saturated heterocycles. The largest absolute Gasteiger partial charge is 0.481 e. The van der Waals surface area contributed by atoms with E-state index in [9.17, 15) is 90.9 Å². The topological polar surface area (TPSA) is 551 Å². The van der Waals surface area contributed by atoms with Gasteiger partial charge in [-0.2, -0.15) is 8.42 Å². The molecule has 12 amide bonds. The maximum atomic E-state index is 14.5. The normalized spacial score (nSPS) is 15.6. The standard InChI is InChI=1S/C59H75N13O21S/c1-3-4-13-37(52(82)70-43(26-48(77)78)56(86)68-40(51(61)81)23-31-10-6-5-7-11-31)66-55(85)42(25-33-28-62-36-14-9-8-12-35(33)36)65-47(76)29-63-59(89)50(30(2)73)72-58(88)41(24-32-15-17-34(18-16-32)93-94(90,91)92)69-57(87)44(27-49(79)80)71-54(84)39(19-21-45(60)74)67-53(83)38-20-22-46(75)64-38/h5-12,14-18,28,30,37-44,50,62,73H,3-4,13,19-27,29H2,1-2H3,(H2,60,74)(H2,61,81)(H,63,89)(H,64,75)(H,65,76)(H,66,85)(H,67,83)(H,68,86)(H,69,87)(H,70,82)(H,71,84)(H,72,88)(H,77,78)(H,79,80)(H,90,91,92)/t30-,37?,38+,39+,40?,41+,42+,43+,44+,50+/m1/s1. The van der Waals surface area contributed by atoms with Crippen LogP contribution in [-0.4, -0.2) is 183 Å². The van der Waals surface area contributed by atoms with Crippen molar-refractivity contribution >= 4 is 104 Å². The Morgan fingerprint density at radius 1 is 0.617 bits per heavy atom. The van der Waals surface area contributed by atoms with Gasteiger partial charge in [0.25, 0.3) is 0 Å². The van der Waals surface area contributed by atoms with Crippen LogP contribution >= 0.6 is 0 Å². The van der Waals surface area contributed by atoms with E-state index in [0.717, 1.165) is 19.1 Å². The number of carbonyl (C=O) groups is 14. The number of benzene rings is 3. The molecular weight excluding hydrogens is 1260 g/mol. The summed E-state index contributed by atoms with van der Waals surface area (Å²) in [4.78, 5) is 188. The summed E-state index contributed by atoms with van der Waals surface area (Å²) in [6, 6.07) is 4.85. The van der Waals surface area contributed by atoms with E-state index in [1.54, 1.807) is 67.7 Å². The van der Waals surface area contributed by atoms with Crippen molar-refractivity contribution in [3.05, 3.63) is 102 Å². The number of aromatic amines is 1. The number of fused-ring (bicyclic) bond motifs is 1. The van der Waals surface area contributed by atoms with Gasteiger partial charge in [0.2, 0.25) is 70.9 Å². The quantitative estimate of drug-likeness (QED) is 0.0190. The minimum atomic E-state index is -5.02. The maximum absolute atomic E-state index is 14.5. The first kappa shape index (κ1) is 74.2. The number of amides is 12. The second-order valence-electron chi connectivity index (χ2n) is 21.9. The summed E-state index contributed by atoms with van der Waals surface area (Å²) in [7, 11) is -5.02. The van der Waals surface area contributed by atoms with Crippen molar-refractivity contribution in [2.24, 2.45) is 11.5 Å². The van der Waals surface area contributed by atoms with Gasteiger partial charge in [-0.1, -0.05) is 80.4 Å². The average molecular weight is 1330 g/mol. The Morgan fingerprint density at radius 3 is 1.68 bits per heavy atom. The van der Waals surface area contributed by atoms with Crippen LogP contribution in [0.1, 0.15) is 88.3 Å². The highest BCUT2D eigenvalue weighted by Crippen LogP contribution is 2.21. The fraction of sp³-hybridized carbons (Fsp3) is 0.424. The molecule has 3 aromatic carbocycles. The minimum Gasteiger partial charge on any atom is -0.481 e. The minimum absolute atomic E-state index is 0.0221. The number of aliphatic carboxylic acids is 2. The zero-order chi connectivity index (χ0) is 69.4. The molecule has 35 heteroatoms. The summed E-state index contributed by atoms with van der Waals surface area (Å²) in [6.45, 7) is 1.85. The molecule has 2 unspecified atom stereocenters. The number of carbonyl (C=O) groups excluding carboxylic acids is 12. The molecule has 94 heavy (non-hydrogen) atoms. The Bertz CT molecular complexity index is 3550. The molecule has 34 nitrogen and oxygen atoms in total. The Labute approximate surface area is 536 Å². The van der Waals surface area contributed by atoms with Crippen molar-refractivity contribution < 1.29 is 99.6 Å². The highest BCUT2D eigenvalue weighted by molar-refractivity contribution is 7.81. The number of aliphatic hydroxyl groups is 1. The predicted molar refractivity (Wildman–Crippen MR) is 327 cm³/mol. The number of aromatic nitrogens is 1.